The second-order valence-corrected chi connectivity index (χ2v) is 4.26. The lowest BCUT2D eigenvalue weighted by Gasteiger charge is -1.98. The number of rotatable bonds is 5. The summed E-state index contributed by atoms with van der Waals surface area (Å²) < 4.78 is 9.91. The molecule has 5 nitrogen and oxygen atoms in total. The topological polar surface area (TPSA) is 71.7 Å². The normalized spacial score (nSPS) is 10.3. The van der Waals surface area contributed by atoms with E-state index in [9.17, 15) is 4.79 Å². The summed E-state index contributed by atoms with van der Waals surface area (Å²) in [4.78, 5) is 16.1. The molecule has 96 valence electrons. The second kappa shape index (κ2) is 6.77. The van der Waals surface area contributed by atoms with Gasteiger partial charge in [-0.2, -0.15) is 5.26 Å². The van der Waals surface area contributed by atoms with Crippen LogP contribution in [0, 0.1) is 18.3 Å². The Bertz CT molecular complexity index is 500. The monoisotopic (exact) mass is 266 g/mol. The molecule has 1 aromatic heterocycles. The Labute approximate surface area is 110 Å². The molecule has 0 bridgehead atoms. The first-order valence-corrected chi connectivity index (χ1v) is 6.32. The van der Waals surface area contributed by atoms with Crippen LogP contribution in [0.5, 0.6) is 0 Å². The number of esters is 1. The molecule has 1 rings (SSSR count). The van der Waals surface area contributed by atoms with Gasteiger partial charge >= 0.3 is 5.97 Å². The highest BCUT2D eigenvalue weighted by Gasteiger charge is 2.20. The maximum atomic E-state index is 11.7. The third kappa shape index (κ3) is 3.08. The van der Waals surface area contributed by atoms with Gasteiger partial charge in [-0.1, -0.05) is 0 Å². The van der Waals surface area contributed by atoms with Crippen LogP contribution < -0.4 is 0 Å². The molecule has 18 heavy (non-hydrogen) atoms. The van der Waals surface area contributed by atoms with Crippen LogP contribution in [-0.2, 0) is 9.47 Å². The molecule has 0 unspecified atom stereocenters. The van der Waals surface area contributed by atoms with E-state index >= 15 is 0 Å². The molecule has 1 aromatic rings. The highest BCUT2D eigenvalue weighted by atomic mass is 32.1. The van der Waals surface area contributed by atoms with Crippen molar-refractivity contribution in [1.82, 2.24) is 0 Å². The molecule has 0 aliphatic carbocycles. The van der Waals surface area contributed by atoms with Crippen molar-refractivity contribution in [2.45, 2.75) is 20.8 Å². The minimum Gasteiger partial charge on any atom is -0.483 e. The molecule has 1 heterocycles. The van der Waals surface area contributed by atoms with E-state index in [4.69, 9.17) is 14.7 Å². The van der Waals surface area contributed by atoms with Gasteiger partial charge in [-0.05, 0) is 26.3 Å². The van der Waals surface area contributed by atoms with Gasteiger partial charge in [0.1, 0.15) is 15.9 Å². The number of carbonyl (C=O) groups excluding carboxylic acids is 1. The molecule has 0 saturated heterocycles. The molecule has 0 atom stereocenters. The average molecular weight is 266 g/mol. The molecule has 0 radical (unpaired) electrons. The smallest absolute Gasteiger partial charge is 0.348 e. The first kappa shape index (κ1) is 14.2. The van der Waals surface area contributed by atoms with Crippen molar-refractivity contribution < 1.29 is 14.3 Å². The summed E-state index contributed by atoms with van der Waals surface area (Å²) >= 11 is 1.13. The Morgan fingerprint density at radius 1 is 1.50 bits per heavy atom. The van der Waals surface area contributed by atoms with Crippen LogP contribution in [0.3, 0.4) is 0 Å². The van der Waals surface area contributed by atoms with E-state index in [0.717, 1.165) is 11.3 Å². The molecule has 0 aromatic carbocycles. The highest BCUT2D eigenvalue weighted by Crippen LogP contribution is 2.34. The summed E-state index contributed by atoms with van der Waals surface area (Å²) in [7, 11) is 0. The molecule has 0 spiro atoms. The van der Waals surface area contributed by atoms with Crippen LogP contribution in [0.15, 0.2) is 4.99 Å². The van der Waals surface area contributed by atoms with Crippen LogP contribution in [0.1, 0.15) is 34.6 Å². The number of carbonyl (C=O) groups is 1. The molecule has 0 aliphatic heterocycles. The fourth-order valence-electron chi connectivity index (χ4n) is 1.27. The van der Waals surface area contributed by atoms with Gasteiger partial charge in [-0.3, -0.25) is 0 Å². The number of ether oxygens (including phenoxy) is 2. The summed E-state index contributed by atoms with van der Waals surface area (Å²) in [5.41, 5.74) is 0.989. The zero-order valence-electron chi connectivity index (χ0n) is 10.5. The Hall–Kier alpha value is -1.87. The van der Waals surface area contributed by atoms with Gasteiger partial charge in [-0.15, -0.1) is 11.3 Å². The standard InChI is InChI=1S/C12H14N2O3S/c1-4-16-7-14-11-9(6-13)8(3)10(18-11)12(15)17-5-2/h7H,4-5H2,1-3H3/b14-7+. The second-order valence-electron chi connectivity index (χ2n) is 3.26. The Morgan fingerprint density at radius 3 is 2.78 bits per heavy atom. The molecule has 6 heteroatoms. The largest absolute Gasteiger partial charge is 0.483 e. The third-order valence-corrected chi connectivity index (χ3v) is 3.29. The number of hydrogen-bond acceptors (Lipinski definition) is 6. The number of nitrogens with zero attached hydrogens (tertiary/aromatic N) is 2. The van der Waals surface area contributed by atoms with E-state index in [1.165, 1.54) is 6.40 Å². The van der Waals surface area contributed by atoms with Gasteiger partial charge in [0.25, 0.3) is 0 Å². The summed E-state index contributed by atoms with van der Waals surface area (Å²) in [5, 5.41) is 9.54. The van der Waals surface area contributed by atoms with Gasteiger partial charge in [0, 0.05) is 0 Å². The van der Waals surface area contributed by atoms with Gasteiger partial charge in [0.2, 0.25) is 0 Å². The van der Waals surface area contributed by atoms with E-state index < -0.39 is 5.97 Å². The Kier molecular flexibility index (Phi) is 5.33. The van der Waals surface area contributed by atoms with Crippen LogP contribution in [0.4, 0.5) is 5.00 Å². The summed E-state index contributed by atoms with van der Waals surface area (Å²) in [6.45, 7) is 6.08. The van der Waals surface area contributed by atoms with E-state index in [0.29, 0.717) is 34.2 Å². The SMILES string of the molecule is CCO/C=N/c1sc(C(=O)OCC)c(C)c1C#N. The lowest BCUT2D eigenvalue weighted by molar-refractivity contribution is 0.0531. The van der Waals surface area contributed by atoms with E-state index in [1.54, 1.807) is 13.8 Å². The van der Waals surface area contributed by atoms with Crippen LogP contribution in [0.25, 0.3) is 0 Å². The molecule has 0 N–H and O–H groups in total. The molecular formula is C12H14N2O3S. The predicted molar refractivity (Wildman–Crippen MR) is 69.5 cm³/mol. The van der Waals surface area contributed by atoms with Gasteiger partial charge in [-0.25, -0.2) is 9.79 Å². The summed E-state index contributed by atoms with van der Waals surface area (Å²) in [5.74, 6) is -0.422. The van der Waals surface area contributed by atoms with Crippen molar-refractivity contribution in [2.75, 3.05) is 13.2 Å². The first-order chi connectivity index (χ1) is 8.65. The van der Waals surface area contributed by atoms with Crippen LogP contribution in [-0.4, -0.2) is 25.6 Å². The fourth-order valence-corrected chi connectivity index (χ4v) is 2.26. The Morgan fingerprint density at radius 2 is 2.22 bits per heavy atom. The van der Waals surface area contributed by atoms with Crippen molar-refractivity contribution in [3.63, 3.8) is 0 Å². The van der Waals surface area contributed by atoms with E-state index in [-0.39, 0.29) is 0 Å². The van der Waals surface area contributed by atoms with Crippen molar-refractivity contribution in [3.05, 3.63) is 16.0 Å². The first-order valence-electron chi connectivity index (χ1n) is 5.50. The zero-order valence-corrected chi connectivity index (χ0v) is 11.3. The van der Waals surface area contributed by atoms with E-state index in [2.05, 4.69) is 4.99 Å². The predicted octanol–water partition coefficient (Wildman–Crippen LogP) is 2.80. The molecule has 0 aliphatic rings. The zero-order chi connectivity index (χ0) is 13.5. The molecule has 0 fully saturated rings. The van der Waals surface area contributed by atoms with Crippen molar-refractivity contribution in [2.24, 2.45) is 4.99 Å². The Balaban J connectivity index is 3.10. The third-order valence-electron chi connectivity index (χ3n) is 2.11. The maximum absolute atomic E-state index is 11.7. The quantitative estimate of drug-likeness (QED) is 0.466. The minimum atomic E-state index is -0.422. The summed E-state index contributed by atoms with van der Waals surface area (Å²) in [6.07, 6.45) is 1.28. The molecule has 0 amide bonds. The average Bonchev–Trinajstić information content (AvgIpc) is 2.66. The van der Waals surface area contributed by atoms with Crippen molar-refractivity contribution >= 4 is 28.7 Å². The fraction of sp³-hybridized carbons (Fsp3) is 0.417. The molecule has 0 saturated carbocycles. The molecular weight excluding hydrogens is 252 g/mol. The van der Waals surface area contributed by atoms with Crippen molar-refractivity contribution in [3.8, 4) is 6.07 Å². The van der Waals surface area contributed by atoms with Gasteiger partial charge < -0.3 is 9.47 Å². The minimum absolute atomic E-state index is 0.301. The number of hydrogen-bond donors (Lipinski definition) is 0. The number of aliphatic imine (C=N–C) groups is 1. The van der Waals surface area contributed by atoms with Gasteiger partial charge in [0.05, 0.1) is 18.8 Å². The van der Waals surface area contributed by atoms with Crippen LogP contribution in [0.2, 0.25) is 0 Å². The number of thiophene rings is 1. The lowest BCUT2D eigenvalue weighted by atomic mass is 10.2. The van der Waals surface area contributed by atoms with Gasteiger partial charge in [0.15, 0.2) is 6.40 Å². The number of nitriles is 1. The van der Waals surface area contributed by atoms with Crippen LogP contribution >= 0.6 is 11.3 Å². The van der Waals surface area contributed by atoms with E-state index in [1.807, 2.05) is 13.0 Å². The van der Waals surface area contributed by atoms with Crippen molar-refractivity contribution in [1.29, 1.82) is 5.26 Å². The lowest BCUT2D eigenvalue weighted by Crippen LogP contribution is -2.03. The maximum Gasteiger partial charge on any atom is 0.348 e. The highest BCUT2D eigenvalue weighted by molar-refractivity contribution is 7.18. The summed E-state index contributed by atoms with van der Waals surface area (Å²) in [6, 6.07) is 2.04.